The van der Waals surface area contributed by atoms with Crippen molar-refractivity contribution in [2.45, 2.75) is 35.5 Å². The highest BCUT2D eigenvalue weighted by Crippen LogP contribution is 2.39. The molecule has 1 unspecified atom stereocenters. The molecule has 6 heteroatoms. The third kappa shape index (κ3) is 4.65. The van der Waals surface area contributed by atoms with Crippen LogP contribution in [0, 0.1) is 0 Å². The summed E-state index contributed by atoms with van der Waals surface area (Å²) >= 11 is 3.03. The van der Waals surface area contributed by atoms with Crippen LogP contribution in [0.1, 0.15) is 29.8 Å². The second-order valence-electron chi connectivity index (χ2n) is 3.78. The largest absolute Gasteiger partial charge is 0.446 e. The fraction of sp³-hybridized carbons (Fsp3) is 0.417. The lowest BCUT2D eigenvalue weighted by atomic mass is 10.0. The molecule has 0 N–H and O–H groups in total. The highest BCUT2D eigenvalue weighted by atomic mass is 79.9. The average Bonchev–Trinajstić information content (AvgIpc) is 2.24. The van der Waals surface area contributed by atoms with E-state index in [0.29, 0.717) is 12.0 Å². The molecule has 1 nitrogen and oxygen atoms in total. The van der Waals surface area contributed by atoms with E-state index < -0.39 is 10.3 Å². The van der Waals surface area contributed by atoms with E-state index in [0.717, 1.165) is 5.56 Å². The number of benzene rings is 1. The highest BCUT2D eigenvalue weighted by molar-refractivity contribution is 9.09. The van der Waals surface area contributed by atoms with Crippen molar-refractivity contribution in [2.75, 3.05) is 0 Å². The molecule has 0 aliphatic rings. The Hall–Kier alpha value is -0.490. The Balaban J connectivity index is 3.13. The fourth-order valence-corrected chi connectivity index (χ4v) is 2.40. The standard InChI is InChI=1S/C12H12BrF3OS/c1-3-8-4-9(11(13)7(2)17)6-10(5-8)18-12(14,15)16/h4-6,11H,3H2,1-2H3. The van der Waals surface area contributed by atoms with Crippen molar-refractivity contribution in [2.24, 2.45) is 0 Å². The van der Waals surface area contributed by atoms with Crippen molar-refractivity contribution in [3.05, 3.63) is 29.3 Å². The molecule has 1 aromatic carbocycles. The van der Waals surface area contributed by atoms with Gasteiger partial charge in [0.2, 0.25) is 0 Å². The number of Topliss-reactive ketones (excluding diaryl/α,β-unsaturated/α-hetero) is 1. The van der Waals surface area contributed by atoms with Crippen LogP contribution >= 0.6 is 27.7 Å². The second kappa shape index (κ2) is 6.10. The van der Waals surface area contributed by atoms with E-state index in [1.807, 2.05) is 6.92 Å². The van der Waals surface area contributed by atoms with Crippen LogP contribution in [0.2, 0.25) is 0 Å². The SMILES string of the molecule is CCc1cc(SC(F)(F)F)cc(C(Br)C(C)=O)c1. The number of carbonyl (C=O) groups is 1. The number of carbonyl (C=O) groups excluding carboxylic acids is 1. The molecule has 1 atom stereocenters. The number of alkyl halides is 4. The molecule has 1 rings (SSSR count). The van der Waals surface area contributed by atoms with Gasteiger partial charge in [-0.25, -0.2) is 0 Å². The monoisotopic (exact) mass is 340 g/mol. The zero-order valence-electron chi connectivity index (χ0n) is 9.84. The molecular weight excluding hydrogens is 329 g/mol. The Labute approximate surface area is 116 Å². The molecule has 1 aromatic rings. The third-order valence-corrected chi connectivity index (χ3v) is 4.16. The molecule has 0 fully saturated rings. The molecule has 0 heterocycles. The van der Waals surface area contributed by atoms with Crippen LogP contribution in [0.3, 0.4) is 0 Å². The Morgan fingerprint density at radius 1 is 1.39 bits per heavy atom. The molecule has 0 spiro atoms. The first-order chi connectivity index (χ1) is 8.23. The molecule has 0 amide bonds. The molecule has 0 saturated carbocycles. The Bertz CT molecular complexity index is 445. The molecule has 18 heavy (non-hydrogen) atoms. The number of hydrogen-bond acceptors (Lipinski definition) is 2. The molecule has 0 aliphatic heterocycles. The molecular formula is C12H12BrF3OS. The van der Waals surface area contributed by atoms with Gasteiger partial charge in [0, 0.05) is 4.90 Å². The summed E-state index contributed by atoms with van der Waals surface area (Å²) in [4.78, 5) is 10.8. The first kappa shape index (κ1) is 15.6. The van der Waals surface area contributed by atoms with Gasteiger partial charge in [-0.15, -0.1) is 0 Å². The van der Waals surface area contributed by atoms with Gasteiger partial charge in [-0.1, -0.05) is 28.9 Å². The minimum atomic E-state index is -4.32. The van der Waals surface area contributed by atoms with E-state index in [1.54, 1.807) is 6.07 Å². The van der Waals surface area contributed by atoms with E-state index in [-0.39, 0.29) is 22.4 Å². The normalized spacial score (nSPS) is 13.4. The third-order valence-electron chi connectivity index (χ3n) is 2.28. The van der Waals surface area contributed by atoms with Gasteiger partial charge in [0.15, 0.2) is 0 Å². The van der Waals surface area contributed by atoms with Crippen molar-refractivity contribution < 1.29 is 18.0 Å². The lowest BCUT2D eigenvalue weighted by molar-refractivity contribution is -0.116. The number of hydrogen-bond donors (Lipinski definition) is 0. The number of ketones is 1. The van der Waals surface area contributed by atoms with Crippen LogP contribution < -0.4 is 0 Å². The summed E-state index contributed by atoms with van der Waals surface area (Å²) in [6.07, 6.45) is 0.622. The summed E-state index contributed by atoms with van der Waals surface area (Å²) in [5.41, 5.74) is -2.97. The summed E-state index contributed by atoms with van der Waals surface area (Å²) in [6, 6.07) is 4.65. The quantitative estimate of drug-likeness (QED) is 0.573. The van der Waals surface area contributed by atoms with Crippen LogP contribution in [-0.4, -0.2) is 11.3 Å². The Morgan fingerprint density at radius 2 is 2.00 bits per heavy atom. The van der Waals surface area contributed by atoms with Crippen LogP contribution in [-0.2, 0) is 11.2 Å². The van der Waals surface area contributed by atoms with Crippen LogP contribution in [0.25, 0.3) is 0 Å². The lowest BCUT2D eigenvalue weighted by Crippen LogP contribution is -2.04. The minimum Gasteiger partial charge on any atom is -0.298 e. The van der Waals surface area contributed by atoms with E-state index in [4.69, 9.17) is 0 Å². The van der Waals surface area contributed by atoms with Gasteiger partial charge < -0.3 is 0 Å². The van der Waals surface area contributed by atoms with Gasteiger partial charge in [-0.05, 0) is 48.4 Å². The first-order valence-electron chi connectivity index (χ1n) is 5.27. The maximum absolute atomic E-state index is 12.4. The summed E-state index contributed by atoms with van der Waals surface area (Å²) in [5, 5.41) is 0. The predicted molar refractivity (Wildman–Crippen MR) is 70.1 cm³/mol. The van der Waals surface area contributed by atoms with E-state index in [1.165, 1.54) is 19.1 Å². The molecule has 0 radical (unpaired) electrons. The molecule has 0 saturated heterocycles. The summed E-state index contributed by atoms with van der Waals surface area (Å²) in [7, 11) is 0. The van der Waals surface area contributed by atoms with Gasteiger partial charge >= 0.3 is 5.51 Å². The van der Waals surface area contributed by atoms with Gasteiger partial charge in [-0.3, -0.25) is 4.79 Å². The fourth-order valence-electron chi connectivity index (χ4n) is 1.46. The minimum absolute atomic E-state index is 0.113. The molecule has 0 bridgehead atoms. The van der Waals surface area contributed by atoms with Crippen LogP contribution in [0.5, 0.6) is 0 Å². The maximum Gasteiger partial charge on any atom is 0.446 e. The van der Waals surface area contributed by atoms with Crippen molar-refractivity contribution in [1.82, 2.24) is 0 Å². The molecule has 100 valence electrons. The Morgan fingerprint density at radius 3 is 2.44 bits per heavy atom. The van der Waals surface area contributed by atoms with Crippen LogP contribution in [0.15, 0.2) is 23.1 Å². The summed E-state index contributed by atoms with van der Waals surface area (Å²) in [5.74, 6) is -0.133. The van der Waals surface area contributed by atoms with E-state index >= 15 is 0 Å². The molecule has 0 aromatic heterocycles. The zero-order valence-corrected chi connectivity index (χ0v) is 12.2. The average molecular weight is 341 g/mol. The number of halogens is 4. The highest BCUT2D eigenvalue weighted by Gasteiger charge is 2.29. The molecule has 0 aliphatic carbocycles. The second-order valence-corrected chi connectivity index (χ2v) is 5.84. The van der Waals surface area contributed by atoms with Crippen molar-refractivity contribution in [3.8, 4) is 0 Å². The summed E-state index contributed by atoms with van der Waals surface area (Å²) in [6.45, 7) is 3.26. The topological polar surface area (TPSA) is 17.1 Å². The first-order valence-corrected chi connectivity index (χ1v) is 7.00. The predicted octanol–water partition coefficient (Wildman–Crippen LogP) is 4.89. The van der Waals surface area contributed by atoms with Gasteiger partial charge in [0.05, 0.1) is 4.83 Å². The Kier molecular flexibility index (Phi) is 5.28. The van der Waals surface area contributed by atoms with Gasteiger partial charge in [-0.2, -0.15) is 13.2 Å². The van der Waals surface area contributed by atoms with Gasteiger partial charge in [0.1, 0.15) is 5.78 Å². The lowest BCUT2D eigenvalue weighted by Gasteiger charge is -2.12. The van der Waals surface area contributed by atoms with Crippen molar-refractivity contribution in [3.63, 3.8) is 0 Å². The summed E-state index contributed by atoms with van der Waals surface area (Å²) < 4.78 is 37.1. The van der Waals surface area contributed by atoms with E-state index in [2.05, 4.69) is 15.9 Å². The van der Waals surface area contributed by atoms with E-state index in [9.17, 15) is 18.0 Å². The van der Waals surface area contributed by atoms with Crippen LogP contribution in [0.4, 0.5) is 13.2 Å². The number of rotatable bonds is 4. The smallest absolute Gasteiger partial charge is 0.298 e. The van der Waals surface area contributed by atoms with Gasteiger partial charge in [0.25, 0.3) is 0 Å². The van der Waals surface area contributed by atoms with Crippen molar-refractivity contribution in [1.29, 1.82) is 0 Å². The maximum atomic E-state index is 12.4. The number of aryl methyl sites for hydroxylation is 1. The van der Waals surface area contributed by atoms with Crippen molar-refractivity contribution >= 4 is 33.5 Å². The number of thioether (sulfide) groups is 1. The zero-order chi connectivity index (χ0) is 13.9.